The van der Waals surface area contributed by atoms with Crippen LogP contribution in [0.15, 0.2) is 18.2 Å². The molecule has 3 rings (SSSR count). The quantitative estimate of drug-likeness (QED) is 0.808. The van der Waals surface area contributed by atoms with Crippen LogP contribution < -0.4 is 5.32 Å². The molecule has 1 amide bonds. The second kappa shape index (κ2) is 8.75. The van der Waals surface area contributed by atoms with Crippen molar-refractivity contribution in [2.45, 2.75) is 31.6 Å². The van der Waals surface area contributed by atoms with Crippen LogP contribution in [0.25, 0.3) is 0 Å². The largest absolute Gasteiger partial charge is 0.342 e. The van der Waals surface area contributed by atoms with Gasteiger partial charge in [0, 0.05) is 29.1 Å². The van der Waals surface area contributed by atoms with E-state index in [9.17, 15) is 4.79 Å². The summed E-state index contributed by atoms with van der Waals surface area (Å²) < 4.78 is 0. The van der Waals surface area contributed by atoms with Crippen molar-refractivity contribution in [3.8, 4) is 0 Å². The highest BCUT2D eigenvalue weighted by molar-refractivity contribution is 6.35. The Hall–Kier alpha value is -0.480. The molecule has 6 heteroatoms. The number of rotatable bonds is 5. The zero-order chi connectivity index (χ0) is 16.4. The Kier molecular flexibility index (Phi) is 7.23. The fourth-order valence-electron chi connectivity index (χ4n) is 3.64. The maximum Gasteiger partial charge on any atom is 0.226 e. The normalized spacial score (nSPS) is 23.7. The van der Waals surface area contributed by atoms with Gasteiger partial charge in [0.15, 0.2) is 0 Å². The molecule has 1 aromatic rings. The van der Waals surface area contributed by atoms with Crippen LogP contribution in [-0.4, -0.2) is 37.5 Å². The van der Waals surface area contributed by atoms with Gasteiger partial charge in [0.1, 0.15) is 0 Å². The van der Waals surface area contributed by atoms with E-state index in [1.807, 2.05) is 19.2 Å². The van der Waals surface area contributed by atoms with E-state index < -0.39 is 0 Å². The van der Waals surface area contributed by atoms with Crippen molar-refractivity contribution in [3.05, 3.63) is 33.8 Å². The van der Waals surface area contributed by atoms with Crippen molar-refractivity contribution in [3.63, 3.8) is 0 Å². The number of nitrogens with zero attached hydrogens (tertiary/aromatic N) is 1. The van der Waals surface area contributed by atoms with Crippen LogP contribution >= 0.6 is 35.6 Å². The average Bonchev–Trinajstić information content (AvgIpc) is 3.33. The molecule has 1 aliphatic heterocycles. The summed E-state index contributed by atoms with van der Waals surface area (Å²) in [6, 6.07) is 5.59. The number of likely N-dealkylation sites (tertiary alicyclic amines) is 1. The summed E-state index contributed by atoms with van der Waals surface area (Å²) in [7, 11) is 1.99. The van der Waals surface area contributed by atoms with Gasteiger partial charge in [-0.05, 0) is 68.8 Å². The van der Waals surface area contributed by atoms with Crippen molar-refractivity contribution in [1.29, 1.82) is 0 Å². The Morgan fingerprint density at radius 2 is 2.00 bits per heavy atom. The Morgan fingerprint density at radius 3 is 2.62 bits per heavy atom. The Bertz CT molecular complexity index is 573. The summed E-state index contributed by atoms with van der Waals surface area (Å²) in [4.78, 5) is 14.7. The van der Waals surface area contributed by atoms with Crippen LogP contribution in [0, 0.1) is 11.8 Å². The minimum atomic E-state index is 0. The van der Waals surface area contributed by atoms with Crippen molar-refractivity contribution >= 4 is 41.5 Å². The van der Waals surface area contributed by atoms with Gasteiger partial charge in [-0.1, -0.05) is 29.3 Å². The van der Waals surface area contributed by atoms with Crippen molar-refractivity contribution in [2.24, 2.45) is 11.8 Å². The van der Waals surface area contributed by atoms with Crippen LogP contribution in [0.2, 0.25) is 10.0 Å². The van der Waals surface area contributed by atoms with E-state index in [0.717, 1.165) is 50.4 Å². The molecule has 0 radical (unpaired) electrons. The number of hydrogen-bond acceptors (Lipinski definition) is 2. The fraction of sp³-hybridized carbons (Fsp3) is 0.611. The molecule has 0 bridgehead atoms. The lowest BCUT2D eigenvalue weighted by Gasteiger charge is -2.32. The van der Waals surface area contributed by atoms with Crippen molar-refractivity contribution in [1.82, 2.24) is 10.2 Å². The highest BCUT2D eigenvalue weighted by Gasteiger charge is 2.46. The minimum absolute atomic E-state index is 0. The van der Waals surface area contributed by atoms with Gasteiger partial charge < -0.3 is 10.2 Å². The molecule has 1 heterocycles. The number of benzene rings is 1. The van der Waals surface area contributed by atoms with Crippen LogP contribution in [0.5, 0.6) is 0 Å². The molecule has 1 aliphatic carbocycles. The van der Waals surface area contributed by atoms with E-state index in [-0.39, 0.29) is 24.2 Å². The molecule has 3 nitrogen and oxygen atoms in total. The Balaban J connectivity index is 0.00000208. The third-order valence-electron chi connectivity index (χ3n) is 5.20. The number of nitrogens with one attached hydrogen (secondary N) is 1. The van der Waals surface area contributed by atoms with Gasteiger partial charge in [0.25, 0.3) is 0 Å². The van der Waals surface area contributed by atoms with Crippen molar-refractivity contribution < 1.29 is 4.79 Å². The van der Waals surface area contributed by atoms with Gasteiger partial charge in [0.2, 0.25) is 5.91 Å². The molecular formula is C18H25Cl3N2O. The fourth-order valence-corrected chi connectivity index (χ4v) is 4.19. The van der Waals surface area contributed by atoms with E-state index in [1.165, 1.54) is 6.42 Å². The maximum atomic E-state index is 12.7. The average molecular weight is 392 g/mol. The zero-order valence-electron chi connectivity index (χ0n) is 13.9. The first-order valence-corrected chi connectivity index (χ1v) is 9.24. The summed E-state index contributed by atoms with van der Waals surface area (Å²) in [5.74, 6) is 1.46. The first-order valence-electron chi connectivity index (χ1n) is 8.48. The predicted molar refractivity (Wildman–Crippen MR) is 102 cm³/mol. The number of carbonyl (C=O) groups excluding carboxylic acids is 1. The van der Waals surface area contributed by atoms with E-state index in [2.05, 4.69) is 10.2 Å². The van der Waals surface area contributed by atoms with Crippen LogP contribution in [-0.2, 0) is 4.79 Å². The standard InChI is InChI=1S/C18H24Cl2N2O.ClH/c1-21-7-4-12-5-8-22(9-6-12)18(23)16-11-15(16)14-3-2-13(19)10-17(14)20;/h2-3,10,12,15-16,21H,4-9,11H2,1H3;1H. The minimum Gasteiger partial charge on any atom is -0.342 e. The second-order valence-electron chi connectivity index (χ2n) is 6.78. The molecule has 1 saturated heterocycles. The maximum absolute atomic E-state index is 12.7. The Morgan fingerprint density at radius 1 is 1.29 bits per heavy atom. The molecule has 2 unspecified atom stereocenters. The lowest BCUT2D eigenvalue weighted by Crippen LogP contribution is -2.40. The molecular weight excluding hydrogens is 367 g/mol. The number of amides is 1. The highest BCUT2D eigenvalue weighted by Crippen LogP contribution is 2.51. The first-order chi connectivity index (χ1) is 11.1. The summed E-state index contributed by atoms with van der Waals surface area (Å²) in [5.41, 5.74) is 1.07. The molecule has 2 aliphatic rings. The third kappa shape index (κ3) is 4.57. The van der Waals surface area contributed by atoms with Gasteiger partial charge in [-0.3, -0.25) is 4.79 Å². The number of carbonyl (C=O) groups is 1. The molecule has 1 N–H and O–H groups in total. The van der Waals surface area contributed by atoms with Gasteiger partial charge in [-0.2, -0.15) is 0 Å². The van der Waals surface area contributed by atoms with Gasteiger partial charge >= 0.3 is 0 Å². The van der Waals surface area contributed by atoms with Gasteiger partial charge in [0.05, 0.1) is 0 Å². The lowest BCUT2D eigenvalue weighted by molar-refractivity contribution is -0.134. The monoisotopic (exact) mass is 390 g/mol. The molecule has 2 fully saturated rings. The lowest BCUT2D eigenvalue weighted by atomic mass is 9.93. The topological polar surface area (TPSA) is 32.3 Å². The molecule has 0 spiro atoms. The smallest absolute Gasteiger partial charge is 0.226 e. The summed E-state index contributed by atoms with van der Waals surface area (Å²) in [6.45, 7) is 2.88. The summed E-state index contributed by atoms with van der Waals surface area (Å²) >= 11 is 12.2. The molecule has 24 heavy (non-hydrogen) atoms. The highest BCUT2D eigenvalue weighted by atomic mass is 35.5. The number of hydrogen-bond donors (Lipinski definition) is 1. The SMILES string of the molecule is CNCCC1CCN(C(=O)C2CC2c2ccc(Cl)cc2Cl)CC1.Cl. The predicted octanol–water partition coefficient (Wildman–Crippen LogP) is 4.37. The molecule has 2 atom stereocenters. The molecule has 1 aromatic carbocycles. The van der Waals surface area contributed by atoms with E-state index >= 15 is 0 Å². The van der Waals surface area contributed by atoms with E-state index in [1.54, 1.807) is 6.07 Å². The summed E-state index contributed by atoms with van der Waals surface area (Å²) in [6.07, 6.45) is 4.39. The Labute approximate surface area is 160 Å². The summed E-state index contributed by atoms with van der Waals surface area (Å²) in [5, 5.41) is 4.54. The van der Waals surface area contributed by atoms with E-state index in [4.69, 9.17) is 23.2 Å². The van der Waals surface area contributed by atoms with Crippen LogP contribution in [0.4, 0.5) is 0 Å². The van der Waals surface area contributed by atoms with Gasteiger partial charge in [-0.15, -0.1) is 12.4 Å². The van der Waals surface area contributed by atoms with Gasteiger partial charge in [-0.25, -0.2) is 0 Å². The number of piperidine rings is 1. The van der Waals surface area contributed by atoms with Crippen LogP contribution in [0.3, 0.4) is 0 Å². The zero-order valence-corrected chi connectivity index (χ0v) is 16.3. The molecule has 134 valence electrons. The van der Waals surface area contributed by atoms with E-state index in [0.29, 0.717) is 16.0 Å². The second-order valence-corrected chi connectivity index (χ2v) is 7.62. The van der Waals surface area contributed by atoms with Crippen molar-refractivity contribution in [2.75, 3.05) is 26.7 Å². The number of halogens is 3. The third-order valence-corrected chi connectivity index (χ3v) is 5.76. The molecule has 1 saturated carbocycles. The van der Waals surface area contributed by atoms with Crippen LogP contribution in [0.1, 0.15) is 37.2 Å². The first kappa shape index (κ1) is 19.8. The molecule has 0 aromatic heterocycles.